The van der Waals surface area contributed by atoms with Gasteiger partial charge in [-0.1, -0.05) is 6.07 Å². The minimum Gasteiger partial charge on any atom is -0.480 e. The molecule has 1 aromatic rings. The Bertz CT molecular complexity index is 452. The predicted octanol–water partition coefficient (Wildman–Crippen LogP) is 0.472. The maximum atomic E-state index is 11.1. The molecule has 1 fully saturated rings. The van der Waals surface area contributed by atoms with E-state index in [1.165, 1.54) is 0 Å². The van der Waals surface area contributed by atoms with Gasteiger partial charge in [0, 0.05) is 19.2 Å². The summed E-state index contributed by atoms with van der Waals surface area (Å²) in [5.41, 5.74) is 4.65. The van der Waals surface area contributed by atoms with E-state index in [1.807, 2.05) is 24.0 Å². The molecule has 1 aliphatic heterocycles. The molecule has 6 nitrogen and oxygen atoms in total. The summed E-state index contributed by atoms with van der Waals surface area (Å²) in [6, 6.07) is 5.44. The van der Waals surface area contributed by atoms with E-state index in [4.69, 9.17) is 15.6 Å². The topological polar surface area (TPSA) is 88.7 Å². The maximum absolute atomic E-state index is 11.1. The van der Waals surface area contributed by atoms with Gasteiger partial charge in [0.1, 0.15) is 11.4 Å². The number of anilines is 1. The van der Waals surface area contributed by atoms with Gasteiger partial charge in [-0.15, -0.1) is 0 Å². The van der Waals surface area contributed by atoms with Gasteiger partial charge in [-0.05, 0) is 19.4 Å². The first kappa shape index (κ1) is 12.6. The van der Waals surface area contributed by atoms with Crippen LogP contribution in [0, 0.1) is 0 Å². The van der Waals surface area contributed by atoms with Gasteiger partial charge in [0.25, 0.3) is 0 Å². The van der Waals surface area contributed by atoms with Crippen molar-refractivity contribution < 1.29 is 14.6 Å². The Morgan fingerprint density at radius 3 is 3.06 bits per heavy atom. The summed E-state index contributed by atoms with van der Waals surface area (Å²) in [5, 5.41) is 9.08. The van der Waals surface area contributed by atoms with Gasteiger partial charge in [-0.3, -0.25) is 4.79 Å². The molecule has 0 aliphatic carbocycles. The molecule has 18 heavy (non-hydrogen) atoms. The zero-order chi connectivity index (χ0) is 13.2. The maximum Gasteiger partial charge on any atom is 0.325 e. The van der Waals surface area contributed by atoms with Crippen molar-refractivity contribution in [3.05, 3.63) is 18.2 Å². The molecule has 1 unspecified atom stereocenters. The van der Waals surface area contributed by atoms with Crippen molar-refractivity contribution in [1.29, 1.82) is 0 Å². The number of carboxylic acid groups (broad SMARTS) is 1. The van der Waals surface area contributed by atoms with Gasteiger partial charge in [-0.25, -0.2) is 0 Å². The molecule has 0 spiro atoms. The van der Waals surface area contributed by atoms with Crippen LogP contribution in [0.25, 0.3) is 0 Å². The van der Waals surface area contributed by atoms with E-state index in [-0.39, 0.29) is 6.54 Å². The summed E-state index contributed by atoms with van der Waals surface area (Å²) in [5.74, 6) is 0.278. The van der Waals surface area contributed by atoms with Crippen LogP contribution < -0.4 is 15.4 Å². The van der Waals surface area contributed by atoms with Crippen molar-refractivity contribution >= 4 is 11.8 Å². The highest BCUT2D eigenvalue weighted by atomic mass is 16.5. The normalized spacial score (nSPS) is 23.1. The van der Waals surface area contributed by atoms with Crippen LogP contribution >= 0.6 is 0 Å². The van der Waals surface area contributed by atoms with Crippen molar-refractivity contribution in [3.63, 3.8) is 0 Å². The fourth-order valence-electron chi connectivity index (χ4n) is 2.01. The summed E-state index contributed by atoms with van der Waals surface area (Å²) in [6.07, 6.45) is 0.420. The largest absolute Gasteiger partial charge is 0.480 e. The number of hydrogen-bond donors (Lipinski definition) is 2. The lowest BCUT2D eigenvalue weighted by molar-refractivity contribution is -0.142. The lowest BCUT2D eigenvalue weighted by atomic mass is 10.0. The molecule has 2 heterocycles. The van der Waals surface area contributed by atoms with Crippen molar-refractivity contribution in [2.45, 2.75) is 18.9 Å². The van der Waals surface area contributed by atoms with E-state index in [2.05, 4.69) is 4.98 Å². The van der Waals surface area contributed by atoms with Crippen LogP contribution in [0.4, 0.5) is 5.82 Å². The standard InChI is InChI=1S/C12H17N3O3/c1-2-18-10-5-3-4-9(14-10)15-7-6-12(13,8-15)11(16)17/h3-5H,2,6-8,13H2,1H3,(H,16,17). The fourth-order valence-corrected chi connectivity index (χ4v) is 2.01. The third-order valence-electron chi connectivity index (χ3n) is 3.05. The molecule has 1 atom stereocenters. The average Bonchev–Trinajstić information content (AvgIpc) is 2.74. The summed E-state index contributed by atoms with van der Waals surface area (Å²) < 4.78 is 5.32. The minimum absolute atomic E-state index is 0.269. The molecule has 6 heteroatoms. The predicted molar refractivity (Wildman–Crippen MR) is 66.8 cm³/mol. The number of nitrogens with two attached hydrogens (primary N) is 1. The number of aliphatic carboxylic acids is 1. The number of nitrogens with zero attached hydrogens (tertiary/aromatic N) is 2. The summed E-state index contributed by atoms with van der Waals surface area (Å²) in [4.78, 5) is 17.3. The van der Waals surface area contributed by atoms with Crippen LogP contribution in [0.2, 0.25) is 0 Å². The van der Waals surface area contributed by atoms with E-state index in [0.717, 1.165) is 0 Å². The van der Waals surface area contributed by atoms with Gasteiger partial charge in [0.05, 0.1) is 6.61 Å². The number of carboxylic acids is 1. The molecule has 0 bridgehead atoms. The Morgan fingerprint density at radius 2 is 2.44 bits per heavy atom. The van der Waals surface area contributed by atoms with E-state index >= 15 is 0 Å². The molecule has 98 valence electrons. The average molecular weight is 251 g/mol. The first-order chi connectivity index (χ1) is 8.55. The molecular formula is C12H17N3O3. The molecule has 1 saturated heterocycles. The lowest BCUT2D eigenvalue weighted by Crippen LogP contribution is -2.50. The molecule has 0 radical (unpaired) electrons. The van der Waals surface area contributed by atoms with Gasteiger partial charge >= 0.3 is 5.97 Å². The number of pyridine rings is 1. The van der Waals surface area contributed by atoms with Gasteiger partial charge in [-0.2, -0.15) is 4.98 Å². The highest BCUT2D eigenvalue weighted by Crippen LogP contribution is 2.25. The van der Waals surface area contributed by atoms with E-state index in [9.17, 15) is 4.79 Å². The molecule has 0 amide bonds. The van der Waals surface area contributed by atoms with Crippen molar-refractivity contribution in [1.82, 2.24) is 4.98 Å². The monoisotopic (exact) mass is 251 g/mol. The van der Waals surface area contributed by atoms with Crippen molar-refractivity contribution in [2.24, 2.45) is 5.73 Å². The van der Waals surface area contributed by atoms with Gasteiger partial charge < -0.3 is 20.5 Å². The molecule has 1 aromatic heterocycles. The van der Waals surface area contributed by atoms with Crippen LogP contribution in [0.5, 0.6) is 5.88 Å². The van der Waals surface area contributed by atoms with E-state index < -0.39 is 11.5 Å². The first-order valence-electron chi connectivity index (χ1n) is 5.92. The van der Waals surface area contributed by atoms with Gasteiger partial charge in [0.2, 0.25) is 5.88 Å². The summed E-state index contributed by atoms with van der Waals surface area (Å²) in [7, 11) is 0. The Morgan fingerprint density at radius 1 is 1.67 bits per heavy atom. The molecule has 3 N–H and O–H groups in total. The number of carbonyl (C=O) groups is 1. The van der Waals surface area contributed by atoms with Crippen LogP contribution in [0.15, 0.2) is 18.2 Å². The van der Waals surface area contributed by atoms with E-state index in [0.29, 0.717) is 31.3 Å². The highest BCUT2D eigenvalue weighted by Gasteiger charge is 2.41. The third-order valence-corrected chi connectivity index (χ3v) is 3.05. The molecule has 0 saturated carbocycles. The number of rotatable bonds is 4. The second kappa shape index (κ2) is 4.81. The third kappa shape index (κ3) is 2.38. The number of aromatic nitrogens is 1. The zero-order valence-corrected chi connectivity index (χ0v) is 10.3. The van der Waals surface area contributed by atoms with Gasteiger partial charge in [0.15, 0.2) is 0 Å². The second-order valence-corrected chi connectivity index (χ2v) is 4.40. The number of hydrogen-bond acceptors (Lipinski definition) is 5. The zero-order valence-electron chi connectivity index (χ0n) is 10.3. The van der Waals surface area contributed by atoms with Crippen LogP contribution in [0.3, 0.4) is 0 Å². The Hall–Kier alpha value is -1.82. The fraction of sp³-hybridized carbons (Fsp3) is 0.500. The van der Waals surface area contributed by atoms with E-state index in [1.54, 1.807) is 6.07 Å². The quantitative estimate of drug-likeness (QED) is 0.808. The van der Waals surface area contributed by atoms with Crippen LogP contribution in [0.1, 0.15) is 13.3 Å². The summed E-state index contributed by atoms with van der Waals surface area (Å²) in [6.45, 7) is 3.29. The Labute approximate surface area is 105 Å². The Balaban J connectivity index is 2.14. The highest BCUT2D eigenvalue weighted by molar-refractivity contribution is 5.80. The Kier molecular flexibility index (Phi) is 3.38. The smallest absolute Gasteiger partial charge is 0.325 e. The number of ether oxygens (including phenoxy) is 1. The molecular weight excluding hydrogens is 234 g/mol. The minimum atomic E-state index is -1.18. The molecule has 0 aromatic carbocycles. The molecule has 2 rings (SSSR count). The summed E-state index contributed by atoms with van der Waals surface area (Å²) >= 11 is 0. The SMILES string of the molecule is CCOc1cccc(N2CCC(N)(C(=O)O)C2)n1. The first-order valence-corrected chi connectivity index (χ1v) is 5.92. The second-order valence-electron chi connectivity index (χ2n) is 4.40. The van der Waals surface area contributed by atoms with Crippen LogP contribution in [-0.2, 0) is 4.79 Å². The van der Waals surface area contributed by atoms with Crippen LogP contribution in [-0.4, -0.2) is 41.3 Å². The molecule has 1 aliphatic rings. The van der Waals surface area contributed by atoms with Crippen molar-refractivity contribution in [3.8, 4) is 5.88 Å². The van der Waals surface area contributed by atoms with Crippen molar-refractivity contribution in [2.75, 3.05) is 24.6 Å². The lowest BCUT2D eigenvalue weighted by Gasteiger charge is -2.21.